The summed E-state index contributed by atoms with van der Waals surface area (Å²) in [4.78, 5) is 8.98. The van der Waals surface area contributed by atoms with Crippen molar-refractivity contribution in [2.24, 2.45) is 0 Å². The second kappa shape index (κ2) is 6.38. The molecule has 0 saturated carbocycles. The molecule has 2 aromatic carbocycles. The zero-order chi connectivity index (χ0) is 17.3. The van der Waals surface area contributed by atoms with Crippen LogP contribution in [0, 0.1) is 0 Å². The molecule has 0 bridgehead atoms. The number of imidazole rings is 1. The monoisotopic (exact) mass is 346 g/mol. The highest BCUT2D eigenvalue weighted by Crippen LogP contribution is 2.29. The van der Waals surface area contributed by atoms with Crippen LogP contribution in [-0.2, 0) is 11.3 Å². The number of fused-ring (bicyclic) bond motifs is 1. The topological polar surface area (TPSA) is 66.0 Å². The Morgan fingerprint density at radius 2 is 2.08 bits per heavy atom. The van der Waals surface area contributed by atoms with Gasteiger partial charge < -0.3 is 13.8 Å². The number of benzene rings is 2. The molecular formula is C20H18N4O2. The molecule has 1 saturated heterocycles. The lowest BCUT2D eigenvalue weighted by molar-refractivity contribution is 0.0835. The predicted octanol–water partition coefficient (Wildman–Crippen LogP) is 3.99. The van der Waals surface area contributed by atoms with Gasteiger partial charge in [0.2, 0.25) is 5.82 Å². The van der Waals surface area contributed by atoms with E-state index < -0.39 is 0 Å². The van der Waals surface area contributed by atoms with Gasteiger partial charge in [-0.3, -0.25) is 0 Å². The van der Waals surface area contributed by atoms with Gasteiger partial charge in [0.15, 0.2) is 0 Å². The maximum absolute atomic E-state index is 5.62. The van der Waals surface area contributed by atoms with E-state index in [4.69, 9.17) is 9.26 Å². The van der Waals surface area contributed by atoms with Crippen molar-refractivity contribution in [1.82, 2.24) is 19.7 Å². The largest absolute Gasteiger partial charge is 0.368 e. The zero-order valence-electron chi connectivity index (χ0n) is 14.2. The van der Waals surface area contributed by atoms with Crippen LogP contribution in [0.2, 0.25) is 0 Å². The Morgan fingerprint density at radius 3 is 3.00 bits per heavy atom. The van der Waals surface area contributed by atoms with Gasteiger partial charge in [0, 0.05) is 18.7 Å². The smallest absolute Gasteiger partial charge is 0.256 e. The van der Waals surface area contributed by atoms with E-state index in [1.54, 1.807) is 0 Å². The summed E-state index contributed by atoms with van der Waals surface area (Å²) in [5.74, 6) is 1.18. The van der Waals surface area contributed by atoms with Crippen LogP contribution in [-0.4, -0.2) is 26.3 Å². The molecule has 1 atom stereocenters. The molecule has 0 amide bonds. The van der Waals surface area contributed by atoms with Crippen molar-refractivity contribution in [3.8, 4) is 11.4 Å². The number of para-hydroxylation sites is 2. The molecular weight excluding hydrogens is 328 g/mol. The van der Waals surface area contributed by atoms with E-state index in [0.29, 0.717) is 11.7 Å². The number of aromatic nitrogens is 4. The Balaban J connectivity index is 1.42. The van der Waals surface area contributed by atoms with Gasteiger partial charge in [-0.15, -0.1) is 0 Å². The molecule has 0 N–H and O–H groups in total. The summed E-state index contributed by atoms with van der Waals surface area (Å²) in [5.41, 5.74) is 4.23. The number of hydrogen-bond acceptors (Lipinski definition) is 5. The highest BCUT2D eigenvalue weighted by molar-refractivity contribution is 5.75. The summed E-state index contributed by atoms with van der Waals surface area (Å²) in [6.45, 7) is 1.50. The summed E-state index contributed by atoms with van der Waals surface area (Å²) in [6, 6.07) is 16.3. The van der Waals surface area contributed by atoms with Crippen LogP contribution in [0.4, 0.5) is 0 Å². The number of hydrogen-bond donors (Lipinski definition) is 0. The first-order chi connectivity index (χ1) is 12.9. The Bertz CT molecular complexity index is 1050. The Morgan fingerprint density at radius 1 is 1.12 bits per heavy atom. The van der Waals surface area contributed by atoms with E-state index in [9.17, 15) is 0 Å². The maximum atomic E-state index is 5.62. The summed E-state index contributed by atoms with van der Waals surface area (Å²) >= 11 is 0. The zero-order valence-corrected chi connectivity index (χ0v) is 14.2. The standard InChI is InChI=1S/C20H18N4O2/c1-2-8-17-16(7-1)21-13-24(17)12-14-5-3-6-15(11-14)19-22-20(26-23-19)18-9-4-10-25-18/h1-3,5-8,11,13,18H,4,9-10,12H2/t18-/m1/s1. The highest BCUT2D eigenvalue weighted by Gasteiger charge is 2.24. The molecule has 130 valence electrons. The van der Waals surface area contributed by atoms with Crippen LogP contribution in [0.1, 0.15) is 30.4 Å². The van der Waals surface area contributed by atoms with Gasteiger partial charge in [-0.1, -0.05) is 35.5 Å². The highest BCUT2D eigenvalue weighted by atomic mass is 16.5. The van der Waals surface area contributed by atoms with E-state index >= 15 is 0 Å². The van der Waals surface area contributed by atoms with Crippen LogP contribution < -0.4 is 0 Å². The van der Waals surface area contributed by atoms with Crippen LogP contribution in [0.5, 0.6) is 0 Å². The van der Waals surface area contributed by atoms with Gasteiger partial charge in [-0.25, -0.2) is 4.98 Å². The van der Waals surface area contributed by atoms with Gasteiger partial charge in [-0.2, -0.15) is 4.98 Å². The van der Waals surface area contributed by atoms with Crippen LogP contribution in [0.25, 0.3) is 22.4 Å². The van der Waals surface area contributed by atoms with Crippen molar-refractivity contribution in [3.05, 3.63) is 66.3 Å². The summed E-state index contributed by atoms with van der Waals surface area (Å²) in [5, 5.41) is 4.13. The number of nitrogens with zero attached hydrogens (tertiary/aromatic N) is 4. The van der Waals surface area contributed by atoms with Gasteiger partial charge in [0.05, 0.1) is 17.4 Å². The van der Waals surface area contributed by atoms with E-state index in [1.165, 1.54) is 0 Å². The number of rotatable bonds is 4. The first kappa shape index (κ1) is 15.3. The van der Waals surface area contributed by atoms with Crippen molar-refractivity contribution in [1.29, 1.82) is 0 Å². The second-order valence-corrected chi connectivity index (χ2v) is 6.52. The maximum Gasteiger partial charge on any atom is 0.256 e. The Kier molecular flexibility index (Phi) is 3.75. The lowest BCUT2D eigenvalue weighted by Gasteiger charge is -2.06. The van der Waals surface area contributed by atoms with Gasteiger partial charge in [0.1, 0.15) is 6.10 Å². The van der Waals surface area contributed by atoms with E-state index in [1.807, 2.05) is 36.7 Å². The quantitative estimate of drug-likeness (QED) is 0.559. The van der Waals surface area contributed by atoms with Crippen molar-refractivity contribution in [2.45, 2.75) is 25.5 Å². The summed E-state index contributed by atoms with van der Waals surface area (Å²) < 4.78 is 13.2. The molecule has 0 aliphatic carbocycles. The van der Waals surface area contributed by atoms with Gasteiger partial charge in [-0.05, 0) is 36.6 Å². The van der Waals surface area contributed by atoms with Crippen molar-refractivity contribution < 1.29 is 9.26 Å². The predicted molar refractivity (Wildman–Crippen MR) is 96.5 cm³/mol. The Hall–Kier alpha value is -2.99. The summed E-state index contributed by atoms with van der Waals surface area (Å²) in [6.07, 6.45) is 3.80. The third-order valence-corrected chi connectivity index (χ3v) is 4.71. The first-order valence-electron chi connectivity index (χ1n) is 8.81. The van der Waals surface area contributed by atoms with Crippen LogP contribution >= 0.6 is 0 Å². The lowest BCUT2D eigenvalue weighted by Crippen LogP contribution is -1.98. The molecule has 1 fully saturated rings. The minimum absolute atomic E-state index is 0.0586. The first-order valence-corrected chi connectivity index (χ1v) is 8.81. The van der Waals surface area contributed by atoms with E-state index in [-0.39, 0.29) is 6.10 Å². The molecule has 0 spiro atoms. The molecule has 6 nitrogen and oxygen atoms in total. The minimum atomic E-state index is -0.0586. The molecule has 1 aliphatic rings. The molecule has 5 rings (SSSR count). The van der Waals surface area contributed by atoms with Crippen LogP contribution in [0.15, 0.2) is 59.4 Å². The average Bonchev–Trinajstić information content (AvgIpc) is 3.43. The molecule has 1 aliphatic heterocycles. The molecule has 0 radical (unpaired) electrons. The second-order valence-electron chi connectivity index (χ2n) is 6.52. The van der Waals surface area contributed by atoms with Crippen molar-refractivity contribution in [3.63, 3.8) is 0 Å². The SMILES string of the molecule is c1cc(Cn2cnc3ccccc32)cc(-c2noc([C@H]3CCCO3)n2)c1. The van der Waals surface area contributed by atoms with E-state index in [2.05, 4.69) is 37.9 Å². The third-order valence-electron chi connectivity index (χ3n) is 4.71. The molecule has 0 unspecified atom stereocenters. The van der Waals surface area contributed by atoms with Gasteiger partial charge >= 0.3 is 0 Å². The normalized spacial score (nSPS) is 17.2. The fraction of sp³-hybridized carbons (Fsp3) is 0.250. The lowest BCUT2D eigenvalue weighted by atomic mass is 10.1. The fourth-order valence-corrected chi connectivity index (χ4v) is 3.40. The third kappa shape index (κ3) is 2.78. The molecule has 26 heavy (non-hydrogen) atoms. The van der Waals surface area contributed by atoms with E-state index in [0.717, 1.165) is 48.2 Å². The average molecular weight is 346 g/mol. The molecule has 6 heteroatoms. The summed E-state index contributed by atoms with van der Waals surface area (Å²) in [7, 11) is 0. The molecule has 4 aromatic rings. The fourth-order valence-electron chi connectivity index (χ4n) is 3.40. The molecule has 3 heterocycles. The van der Waals surface area contributed by atoms with Crippen molar-refractivity contribution >= 4 is 11.0 Å². The molecule has 2 aromatic heterocycles. The minimum Gasteiger partial charge on any atom is -0.368 e. The van der Waals surface area contributed by atoms with Crippen molar-refractivity contribution in [2.75, 3.05) is 6.61 Å². The van der Waals surface area contributed by atoms with Crippen LogP contribution in [0.3, 0.4) is 0 Å². The van der Waals surface area contributed by atoms with Gasteiger partial charge in [0.25, 0.3) is 5.89 Å². The Labute approximate surface area is 150 Å². The number of ether oxygens (including phenoxy) is 1.